The van der Waals surface area contributed by atoms with E-state index >= 15 is 0 Å². The Kier molecular flexibility index (Phi) is 5.04. The number of hydrogen-bond donors (Lipinski definition) is 0. The monoisotopic (exact) mass is 310 g/mol. The summed E-state index contributed by atoms with van der Waals surface area (Å²) in [5, 5.41) is 0. The number of Topliss-reactive ketones (excluding diaryl/α,β-unsaturated/α-hetero) is 1. The van der Waals surface area contributed by atoms with Gasteiger partial charge in [0.2, 0.25) is 0 Å². The van der Waals surface area contributed by atoms with Crippen LogP contribution in [0.25, 0.3) is 0 Å². The van der Waals surface area contributed by atoms with Crippen molar-refractivity contribution >= 4 is 15.6 Å². The SMILES string of the molecule is CC(C)(C)CC(=O)CS(=O)(=O)c1ccc(C(C)(C)C)cc1. The summed E-state index contributed by atoms with van der Waals surface area (Å²) in [6.07, 6.45) is 0.270. The normalized spacial score (nSPS) is 13.2. The third-order valence-electron chi connectivity index (χ3n) is 3.16. The number of ketones is 1. The lowest BCUT2D eigenvalue weighted by molar-refractivity contribution is -0.118. The predicted octanol–water partition coefficient (Wildman–Crippen LogP) is 3.76. The van der Waals surface area contributed by atoms with E-state index in [1.54, 1.807) is 12.1 Å². The molecule has 1 rings (SSSR count). The van der Waals surface area contributed by atoms with Gasteiger partial charge < -0.3 is 0 Å². The lowest BCUT2D eigenvalue weighted by Gasteiger charge is -2.19. The van der Waals surface area contributed by atoms with Crippen LogP contribution in [0, 0.1) is 5.41 Å². The summed E-state index contributed by atoms with van der Waals surface area (Å²) < 4.78 is 24.5. The zero-order valence-corrected chi connectivity index (χ0v) is 14.7. The van der Waals surface area contributed by atoms with Crippen molar-refractivity contribution in [3.63, 3.8) is 0 Å². The fourth-order valence-corrected chi connectivity index (χ4v) is 3.34. The van der Waals surface area contributed by atoms with Crippen molar-refractivity contribution in [3.8, 4) is 0 Å². The summed E-state index contributed by atoms with van der Waals surface area (Å²) in [4.78, 5) is 12.1. The molecule has 0 heterocycles. The van der Waals surface area contributed by atoms with E-state index < -0.39 is 15.6 Å². The summed E-state index contributed by atoms with van der Waals surface area (Å²) >= 11 is 0. The maximum Gasteiger partial charge on any atom is 0.185 e. The lowest BCUT2D eigenvalue weighted by Crippen LogP contribution is -2.21. The highest BCUT2D eigenvalue weighted by Gasteiger charge is 2.24. The number of rotatable bonds is 4. The second-order valence-corrected chi connectivity index (χ2v) is 9.80. The van der Waals surface area contributed by atoms with Crippen LogP contribution in [0.15, 0.2) is 29.2 Å². The zero-order valence-electron chi connectivity index (χ0n) is 13.9. The lowest BCUT2D eigenvalue weighted by atomic mass is 9.87. The number of benzene rings is 1. The first kappa shape index (κ1) is 17.9. The number of hydrogen-bond acceptors (Lipinski definition) is 3. The fourth-order valence-electron chi connectivity index (χ4n) is 2.10. The van der Waals surface area contributed by atoms with Crippen LogP contribution in [-0.4, -0.2) is 20.0 Å². The third-order valence-corrected chi connectivity index (χ3v) is 4.85. The molecule has 0 spiro atoms. The van der Waals surface area contributed by atoms with Gasteiger partial charge in [0.1, 0.15) is 11.5 Å². The van der Waals surface area contributed by atoms with Crippen LogP contribution in [0.5, 0.6) is 0 Å². The van der Waals surface area contributed by atoms with E-state index in [-0.39, 0.29) is 27.9 Å². The molecular weight excluding hydrogens is 284 g/mol. The van der Waals surface area contributed by atoms with Crippen LogP contribution in [0.3, 0.4) is 0 Å². The zero-order chi connectivity index (χ0) is 16.5. The van der Waals surface area contributed by atoms with Crippen LogP contribution in [0.1, 0.15) is 53.5 Å². The molecule has 1 aromatic carbocycles. The Balaban J connectivity index is 2.91. The van der Waals surface area contributed by atoms with Crippen LogP contribution in [0.2, 0.25) is 0 Å². The first-order valence-electron chi connectivity index (χ1n) is 7.16. The van der Waals surface area contributed by atoms with Crippen molar-refractivity contribution in [2.45, 2.75) is 58.3 Å². The summed E-state index contributed by atoms with van der Waals surface area (Å²) in [6.45, 7) is 12.0. The molecule has 0 aliphatic rings. The Bertz CT molecular complexity index is 597. The van der Waals surface area contributed by atoms with Gasteiger partial charge in [0.15, 0.2) is 9.84 Å². The molecule has 0 fully saturated rings. The van der Waals surface area contributed by atoms with Gasteiger partial charge in [-0.1, -0.05) is 53.7 Å². The Morgan fingerprint density at radius 2 is 1.43 bits per heavy atom. The summed E-state index contributed by atoms with van der Waals surface area (Å²) in [5.74, 6) is -0.651. The Labute approximate surface area is 128 Å². The number of carbonyl (C=O) groups is 1. The van der Waals surface area contributed by atoms with Crippen molar-refractivity contribution in [2.24, 2.45) is 5.41 Å². The highest BCUT2D eigenvalue weighted by atomic mass is 32.2. The highest BCUT2D eigenvalue weighted by Crippen LogP contribution is 2.24. The van der Waals surface area contributed by atoms with Crippen LogP contribution in [0.4, 0.5) is 0 Å². The van der Waals surface area contributed by atoms with Gasteiger partial charge in [0.05, 0.1) is 4.90 Å². The predicted molar refractivity (Wildman–Crippen MR) is 86.3 cm³/mol. The van der Waals surface area contributed by atoms with E-state index in [9.17, 15) is 13.2 Å². The molecule has 0 radical (unpaired) electrons. The molecule has 0 aromatic heterocycles. The van der Waals surface area contributed by atoms with E-state index in [2.05, 4.69) is 20.8 Å². The van der Waals surface area contributed by atoms with E-state index in [0.717, 1.165) is 5.56 Å². The summed E-state index contributed by atoms with van der Waals surface area (Å²) in [5.41, 5.74) is 0.856. The van der Waals surface area contributed by atoms with Crippen molar-refractivity contribution in [3.05, 3.63) is 29.8 Å². The maximum atomic E-state index is 12.3. The van der Waals surface area contributed by atoms with Gasteiger partial charge in [-0.25, -0.2) is 8.42 Å². The van der Waals surface area contributed by atoms with Gasteiger partial charge in [-0.2, -0.15) is 0 Å². The molecule has 0 aliphatic carbocycles. The fraction of sp³-hybridized carbons (Fsp3) is 0.588. The number of carbonyl (C=O) groups excluding carboxylic acids is 1. The van der Waals surface area contributed by atoms with Crippen LogP contribution >= 0.6 is 0 Å². The first-order valence-corrected chi connectivity index (χ1v) is 8.81. The van der Waals surface area contributed by atoms with Gasteiger partial charge in [0.25, 0.3) is 0 Å². The Morgan fingerprint density at radius 3 is 1.81 bits per heavy atom. The van der Waals surface area contributed by atoms with Crippen LogP contribution < -0.4 is 0 Å². The molecule has 0 N–H and O–H groups in total. The minimum absolute atomic E-state index is 0.0235. The van der Waals surface area contributed by atoms with E-state index in [1.807, 2.05) is 32.9 Å². The van der Waals surface area contributed by atoms with Gasteiger partial charge in [-0.15, -0.1) is 0 Å². The topological polar surface area (TPSA) is 51.2 Å². The Hall–Kier alpha value is -1.16. The van der Waals surface area contributed by atoms with Crippen molar-refractivity contribution in [2.75, 3.05) is 5.75 Å². The molecule has 0 saturated carbocycles. The molecule has 1 aromatic rings. The molecular formula is C17H26O3S. The smallest absolute Gasteiger partial charge is 0.185 e. The second kappa shape index (κ2) is 5.91. The molecule has 0 atom stereocenters. The quantitative estimate of drug-likeness (QED) is 0.850. The minimum atomic E-state index is -3.54. The van der Waals surface area contributed by atoms with Crippen molar-refractivity contribution in [1.82, 2.24) is 0 Å². The van der Waals surface area contributed by atoms with Crippen molar-refractivity contribution < 1.29 is 13.2 Å². The largest absolute Gasteiger partial charge is 0.299 e. The summed E-state index contributed by atoms with van der Waals surface area (Å²) in [6, 6.07) is 6.84. The number of sulfone groups is 1. The van der Waals surface area contributed by atoms with Gasteiger partial charge in [-0.3, -0.25) is 4.79 Å². The Morgan fingerprint density at radius 1 is 0.952 bits per heavy atom. The highest BCUT2D eigenvalue weighted by molar-refractivity contribution is 7.92. The average Bonchev–Trinajstić information content (AvgIpc) is 2.24. The first-order chi connectivity index (χ1) is 9.31. The van der Waals surface area contributed by atoms with E-state index in [0.29, 0.717) is 0 Å². The maximum absolute atomic E-state index is 12.3. The minimum Gasteiger partial charge on any atom is -0.299 e. The van der Waals surface area contributed by atoms with Gasteiger partial charge in [0, 0.05) is 6.42 Å². The average molecular weight is 310 g/mol. The van der Waals surface area contributed by atoms with Gasteiger partial charge in [-0.05, 0) is 28.5 Å². The standard InChI is InChI=1S/C17H26O3S/c1-16(2,3)11-14(18)12-21(19,20)15-9-7-13(8-10-15)17(4,5)6/h7-10H,11-12H2,1-6H3. The molecule has 0 bridgehead atoms. The van der Waals surface area contributed by atoms with E-state index in [4.69, 9.17) is 0 Å². The third kappa shape index (κ3) is 5.62. The molecule has 118 valence electrons. The summed E-state index contributed by atoms with van der Waals surface area (Å²) in [7, 11) is -3.54. The molecule has 3 nitrogen and oxygen atoms in total. The molecule has 0 saturated heterocycles. The van der Waals surface area contributed by atoms with Gasteiger partial charge >= 0.3 is 0 Å². The molecule has 21 heavy (non-hydrogen) atoms. The molecule has 0 unspecified atom stereocenters. The molecule has 0 aliphatic heterocycles. The van der Waals surface area contributed by atoms with Crippen LogP contribution in [-0.2, 0) is 20.0 Å². The molecule has 4 heteroatoms. The molecule has 0 amide bonds. The second-order valence-electron chi connectivity index (χ2n) is 7.81. The van der Waals surface area contributed by atoms with Crippen molar-refractivity contribution in [1.29, 1.82) is 0 Å². The van der Waals surface area contributed by atoms with E-state index in [1.165, 1.54) is 0 Å².